The second-order valence-electron chi connectivity index (χ2n) is 7.60. The number of hydrogen-bond donors (Lipinski definition) is 1. The molecular weight excluding hydrogens is 386 g/mol. The molecule has 6 nitrogen and oxygen atoms in total. The van der Waals surface area contributed by atoms with E-state index in [-0.39, 0.29) is 18.2 Å². The Balaban J connectivity index is 1.38. The summed E-state index contributed by atoms with van der Waals surface area (Å²) in [4.78, 5) is 32.5. The van der Waals surface area contributed by atoms with Crippen molar-refractivity contribution in [2.75, 3.05) is 18.5 Å². The van der Waals surface area contributed by atoms with Gasteiger partial charge in [0.2, 0.25) is 5.91 Å². The third kappa shape index (κ3) is 3.30. The molecule has 0 unspecified atom stereocenters. The third-order valence-corrected chi connectivity index (χ3v) is 6.80. The van der Waals surface area contributed by atoms with Crippen LogP contribution in [-0.4, -0.2) is 40.5 Å². The molecule has 1 aromatic heterocycles. The maximum Gasteiger partial charge on any atom is 0.254 e. The summed E-state index contributed by atoms with van der Waals surface area (Å²) in [6.07, 6.45) is 1.55. The summed E-state index contributed by atoms with van der Waals surface area (Å²) in [6.45, 7) is 1.65. The van der Waals surface area contributed by atoms with Crippen molar-refractivity contribution in [2.45, 2.75) is 31.3 Å². The summed E-state index contributed by atoms with van der Waals surface area (Å²) < 4.78 is 6.59. The molecule has 2 aliphatic heterocycles. The molecule has 0 aliphatic carbocycles. The van der Waals surface area contributed by atoms with Crippen LogP contribution in [0.4, 0.5) is 5.13 Å². The molecule has 1 N–H and O–H groups in total. The SMILES string of the molecule is O=C(CC1(N2Cc3ccccc3C2=O)CCOCC1)Nc1nc2ccccc2s1. The Hall–Kier alpha value is -2.77. The van der Waals surface area contributed by atoms with Crippen LogP contribution in [0.5, 0.6) is 0 Å². The molecule has 3 aromatic rings. The highest BCUT2D eigenvalue weighted by atomic mass is 32.1. The van der Waals surface area contributed by atoms with Gasteiger partial charge in [-0.05, 0) is 36.6 Å². The number of aromatic nitrogens is 1. The minimum Gasteiger partial charge on any atom is -0.381 e. The predicted molar refractivity (Wildman–Crippen MR) is 112 cm³/mol. The average molecular weight is 407 g/mol. The van der Waals surface area contributed by atoms with E-state index in [9.17, 15) is 9.59 Å². The summed E-state index contributed by atoms with van der Waals surface area (Å²) in [5.74, 6) is -0.106. The zero-order chi connectivity index (χ0) is 19.8. The number of nitrogens with one attached hydrogen (secondary N) is 1. The number of nitrogens with zero attached hydrogens (tertiary/aromatic N) is 2. The van der Waals surface area contributed by atoms with Gasteiger partial charge in [0.05, 0.1) is 22.2 Å². The van der Waals surface area contributed by atoms with E-state index in [1.54, 1.807) is 0 Å². The number of amides is 2. The van der Waals surface area contributed by atoms with Gasteiger partial charge in [-0.3, -0.25) is 9.59 Å². The monoisotopic (exact) mass is 407 g/mol. The third-order valence-electron chi connectivity index (χ3n) is 5.85. The summed E-state index contributed by atoms with van der Waals surface area (Å²) in [6, 6.07) is 15.5. The lowest BCUT2D eigenvalue weighted by molar-refractivity contribution is -0.120. The minimum absolute atomic E-state index is 0.00953. The Morgan fingerprint density at radius 2 is 1.90 bits per heavy atom. The summed E-state index contributed by atoms with van der Waals surface area (Å²) in [5, 5.41) is 3.54. The van der Waals surface area contributed by atoms with Gasteiger partial charge in [0.25, 0.3) is 5.91 Å². The molecule has 0 spiro atoms. The van der Waals surface area contributed by atoms with Crippen molar-refractivity contribution in [2.24, 2.45) is 0 Å². The van der Waals surface area contributed by atoms with E-state index in [1.807, 2.05) is 53.4 Å². The van der Waals surface area contributed by atoms with E-state index in [0.29, 0.717) is 37.7 Å². The van der Waals surface area contributed by atoms with Crippen LogP contribution in [0.25, 0.3) is 10.2 Å². The number of thiazole rings is 1. The number of carbonyl (C=O) groups excluding carboxylic acids is 2. The summed E-state index contributed by atoms with van der Waals surface area (Å²) in [5.41, 5.74) is 2.11. The first-order valence-electron chi connectivity index (χ1n) is 9.78. The zero-order valence-electron chi connectivity index (χ0n) is 15.9. The molecule has 2 aliphatic rings. The molecule has 0 atom stereocenters. The molecule has 1 fully saturated rings. The standard InChI is InChI=1S/C22H21N3O3S/c26-19(24-21-23-17-7-3-4-8-18(17)29-21)13-22(9-11-28-12-10-22)25-14-15-5-1-2-6-16(15)20(25)27/h1-8H,9-14H2,(H,23,24,26). The highest BCUT2D eigenvalue weighted by Crippen LogP contribution is 2.38. The fourth-order valence-corrected chi connectivity index (χ4v) is 5.20. The second-order valence-corrected chi connectivity index (χ2v) is 8.63. The van der Waals surface area contributed by atoms with E-state index in [2.05, 4.69) is 10.3 Å². The number of rotatable bonds is 4. The van der Waals surface area contributed by atoms with Crippen molar-refractivity contribution in [1.82, 2.24) is 9.88 Å². The molecule has 1 saturated heterocycles. The summed E-state index contributed by atoms with van der Waals surface area (Å²) in [7, 11) is 0. The summed E-state index contributed by atoms with van der Waals surface area (Å²) >= 11 is 1.46. The average Bonchev–Trinajstić information content (AvgIpc) is 3.29. The van der Waals surface area contributed by atoms with Crippen molar-refractivity contribution in [3.05, 3.63) is 59.7 Å². The van der Waals surface area contributed by atoms with E-state index < -0.39 is 5.54 Å². The maximum absolute atomic E-state index is 13.1. The van der Waals surface area contributed by atoms with Crippen LogP contribution in [0.1, 0.15) is 35.2 Å². The Morgan fingerprint density at radius 1 is 1.14 bits per heavy atom. The van der Waals surface area contributed by atoms with Gasteiger partial charge in [0.1, 0.15) is 0 Å². The molecule has 2 aromatic carbocycles. The number of carbonyl (C=O) groups is 2. The van der Waals surface area contributed by atoms with Crippen molar-refractivity contribution in [1.29, 1.82) is 0 Å². The minimum atomic E-state index is -0.533. The van der Waals surface area contributed by atoms with Crippen molar-refractivity contribution < 1.29 is 14.3 Å². The Kier molecular flexibility index (Phi) is 4.56. The van der Waals surface area contributed by atoms with E-state index >= 15 is 0 Å². The van der Waals surface area contributed by atoms with Crippen LogP contribution in [0.3, 0.4) is 0 Å². The van der Waals surface area contributed by atoms with Gasteiger partial charge in [-0.2, -0.15) is 0 Å². The molecule has 29 heavy (non-hydrogen) atoms. The number of hydrogen-bond acceptors (Lipinski definition) is 5. The zero-order valence-corrected chi connectivity index (χ0v) is 16.7. The smallest absolute Gasteiger partial charge is 0.254 e. The van der Waals surface area contributed by atoms with Gasteiger partial charge in [-0.1, -0.05) is 41.7 Å². The Bertz CT molecular complexity index is 1050. The molecule has 0 saturated carbocycles. The fourth-order valence-electron chi connectivity index (χ4n) is 4.32. The lowest BCUT2D eigenvalue weighted by atomic mass is 9.84. The molecule has 0 radical (unpaired) electrons. The maximum atomic E-state index is 13.1. The first-order chi connectivity index (χ1) is 14.1. The highest BCUT2D eigenvalue weighted by molar-refractivity contribution is 7.22. The van der Waals surface area contributed by atoms with E-state index in [4.69, 9.17) is 4.74 Å². The first-order valence-corrected chi connectivity index (χ1v) is 10.6. The fraction of sp³-hybridized carbons (Fsp3) is 0.318. The van der Waals surface area contributed by atoms with Crippen LogP contribution in [0.2, 0.25) is 0 Å². The van der Waals surface area contributed by atoms with Crippen LogP contribution in [-0.2, 0) is 16.1 Å². The van der Waals surface area contributed by atoms with Crippen LogP contribution in [0, 0.1) is 0 Å². The van der Waals surface area contributed by atoms with Crippen molar-refractivity contribution in [3.8, 4) is 0 Å². The Morgan fingerprint density at radius 3 is 2.69 bits per heavy atom. The van der Waals surface area contributed by atoms with Crippen LogP contribution >= 0.6 is 11.3 Å². The van der Waals surface area contributed by atoms with Crippen molar-refractivity contribution in [3.63, 3.8) is 0 Å². The van der Waals surface area contributed by atoms with Crippen molar-refractivity contribution >= 4 is 38.5 Å². The Labute approximate surface area is 172 Å². The first kappa shape index (κ1) is 18.3. The predicted octanol–water partition coefficient (Wildman–Crippen LogP) is 3.83. The van der Waals surface area contributed by atoms with Crippen LogP contribution in [0.15, 0.2) is 48.5 Å². The van der Waals surface area contributed by atoms with Gasteiger partial charge < -0.3 is 15.0 Å². The van der Waals surface area contributed by atoms with Gasteiger partial charge in [0.15, 0.2) is 5.13 Å². The van der Waals surface area contributed by atoms with Gasteiger partial charge in [-0.25, -0.2) is 4.98 Å². The van der Waals surface area contributed by atoms with Gasteiger partial charge in [0, 0.05) is 25.3 Å². The molecule has 7 heteroatoms. The number of benzene rings is 2. The lowest BCUT2D eigenvalue weighted by Crippen LogP contribution is -2.54. The van der Waals surface area contributed by atoms with Gasteiger partial charge in [-0.15, -0.1) is 0 Å². The van der Waals surface area contributed by atoms with Crippen LogP contribution < -0.4 is 5.32 Å². The molecule has 3 heterocycles. The number of anilines is 1. The lowest BCUT2D eigenvalue weighted by Gasteiger charge is -2.44. The molecule has 148 valence electrons. The van der Waals surface area contributed by atoms with E-state index in [0.717, 1.165) is 21.3 Å². The quantitative estimate of drug-likeness (QED) is 0.714. The number of fused-ring (bicyclic) bond motifs is 2. The van der Waals surface area contributed by atoms with Gasteiger partial charge >= 0.3 is 0 Å². The molecule has 0 bridgehead atoms. The topological polar surface area (TPSA) is 71.5 Å². The highest BCUT2D eigenvalue weighted by Gasteiger charge is 2.46. The molecule has 5 rings (SSSR count). The van der Waals surface area contributed by atoms with E-state index in [1.165, 1.54) is 11.3 Å². The number of para-hydroxylation sites is 1. The normalized spacial score (nSPS) is 18.1. The molecule has 2 amide bonds. The largest absolute Gasteiger partial charge is 0.381 e. The molecular formula is C22H21N3O3S. The number of ether oxygens (including phenoxy) is 1. The second kappa shape index (κ2) is 7.24.